The van der Waals surface area contributed by atoms with E-state index in [-0.39, 0.29) is 11.5 Å². The van der Waals surface area contributed by atoms with E-state index in [4.69, 9.17) is 9.84 Å². The molecule has 0 bridgehead atoms. The lowest BCUT2D eigenvalue weighted by molar-refractivity contribution is -0.143. The zero-order valence-corrected chi connectivity index (χ0v) is 10.5. The van der Waals surface area contributed by atoms with Crippen molar-refractivity contribution >= 4 is 5.97 Å². The van der Waals surface area contributed by atoms with Crippen molar-refractivity contribution in [3.05, 3.63) is 0 Å². The highest BCUT2D eigenvalue weighted by molar-refractivity contribution is 5.69. The molecule has 15 heavy (non-hydrogen) atoms. The lowest BCUT2D eigenvalue weighted by Gasteiger charge is -2.25. The van der Waals surface area contributed by atoms with Gasteiger partial charge in [-0.25, -0.2) is 0 Å². The van der Waals surface area contributed by atoms with E-state index in [9.17, 15) is 4.79 Å². The molecule has 0 aromatic rings. The predicted octanol–water partition coefficient (Wildman–Crippen LogP) is 2.94. The van der Waals surface area contributed by atoms with Crippen molar-refractivity contribution in [1.29, 1.82) is 0 Å². The highest BCUT2D eigenvalue weighted by atomic mass is 16.5. The molecule has 0 spiro atoms. The van der Waals surface area contributed by atoms with Crippen molar-refractivity contribution in [3.63, 3.8) is 0 Å². The topological polar surface area (TPSA) is 46.5 Å². The molecule has 0 saturated heterocycles. The van der Waals surface area contributed by atoms with Gasteiger partial charge in [-0.3, -0.25) is 4.79 Å². The van der Waals surface area contributed by atoms with E-state index in [1.807, 2.05) is 13.8 Å². The predicted molar refractivity (Wildman–Crippen MR) is 60.9 cm³/mol. The Morgan fingerprint density at radius 1 is 1.40 bits per heavy atom. The summed E-state index contributed by atoms with van der Waals surface area (Å²) in [4.78, 5) is 11.0. The molecule has 1 unspecified atom stereocenters. The molecule has 1 N–H and O–H groups in total. The minimum atomic E-state index is -0.685. The van der Waals surface area contributed by atoms with Gasteiger partial charge in [-0.1, -0.05) is 13.8 Å². The maximum atomic E-state index is 11.0. The molecule has 0 radical (unpaired) electrons. The normalized spacial score (nSPS) is 14.3. The Morgan fingerprint density at radius 2 is 1.93 bits per heavy atom. The number of hydrogen-bond donors (Lipinski definition) is 1. The number of hydrogen-bond acceptors (Lipinski definition) is 2. The van der Waals surface area contributed by atoms with Crippen molar-refractivity contribution in [2.45, 2.75) is 52.6 Å². The Labute approximate surface area is 92.8 Å². The lowest BCUT2D eigenvalue weighted by atomic mass is 9.89. The van der Waals surface area contributed by atoms with Crippen LogP contribution in [0.3, 0.4) is 0 Å². The highest BCUT2D eigenvalue weighted by Crippen LogP contribution is 2.23. The Balaban J connectivity index is 4.13. The maximum absolute atomic E-state index is 11.0. The highest BCUT2D eigenvalue weighted by Gasteiger charge is 2.23. The molecule has 0 amide bonds. The van der Waals surface area contributed by atoms with Crippen molar-refractivity contribution in [2.24, 2.45) is 11.8 Å². The molecule has 1 atom stereocenters. The van der Waals surface area contributed by atoms with Gasteiger partial charge in [0.2, 0.25) is 0 Å². The summed E-state index contributed by atoms with van der Waals surface area (Å²) in [6.07, 6.45) is 2.22. The van der Waals surface area contributed by atoms with Crippen molar-refractivity contribution in [2.75, 3.05) is 7.11 Å². The Hall–Kier alpha value is -0.570. The first-order valence-corrected chi connectivity index (χ1v) is 5.56. The minimum Gasteiger partial charge on any atom is -0.481 e. The molecule has 0 aliphatic rings. The van der Waals surface area contributed by atoms with Crippen molar-refractivity contribution in [3.8, 4) is 0 Å². The number of carboxylic acids is 1. The van der Waals surface area contributed by atoms with Gasteiger partial charge in [-0.15, -0.1) is 0 Å². The van der Waals surface area contributed by atoms with Gasteiger partial charge in [0.05, 0.1) is 11.5 Å². The number of methoxy groups -OCH3 is 1. The number of carbonyl (C=O) groups is 1. The fraction of sp³-hybridized carbons (Fsp3) is 0.917. The number of ether oxygens (including phenoxy) is 1. The Kier molecular flexibility index (Phi) is 5.88. The Bertz CT molecular complexity index is 197. The van der Waals surface area contributed by atoms with Crippen LogP contribution in [-0.2, 0) is 9.53 Å². The smallest absolute Gasteiger partial charge is 0.306 e. The van der Waals surface area contributed by atoms with E-state index in [0.717, 1.165) is 12.8 Å². The van der Waals surface area contributed by atoms with Crippen LogP contribution in [0.1, 0.15) is 47.0 Å². The van der Waals surface area contributed by atoms with Gasteiger partial charge in [0.1, 0.15) is 0 Å². The van der Waals surface area contributed by atoms with Crippen LogP contribution in [0, 0.1) is 11.8 Å². The van der Waals surface area contributed by atoms with Crippen LogP contribution in [0.25, 0.3) is 0 Å². The molecular formula is C12H24O3. The van der Waals surface area contributed by atoms with Crippen LogP contribution in [0.15, 0.2) is 0 Å². The molecule has 0 aromatic carbocycles. The van der Waals surface area contributed by atoms with Gasteiger partial charge in [0.25, 0.3) is 0 Å². The summed E-state index contributed by atoms with van der Waals surface area (Å²) in [5.41, 5.74) is -0.218. The third kappa shape index (κ3) is 6.50. The molecule has 0 saturated carbocycles. The van der Waals surface area contributed by atoms with Crippen molar-refractivity contribution in [1.82, 2.24) is 0 Å². The second-order valence-electron chi connectivity index (χ2n) is 5.17. The monoisotopic (exact) mass is 216 g/mol. The van der Waals surface area contributed by atoms with Crippen LogP contribution in [0.4, 0.5) is 0 Å². The second kappa shape index (κ2) is 6.11. The van der Waals surface area contributed by atoms with E-state index >= 15 is 0 Å². The SMILES string of the molecule is COC(C)(C)CCC(CC(C)C)C(=O)O. The molecule has 3 heteroatoms. The average molecular weight is 216 g/mol. The van der Waals surface area contributed by atoms with Crippen molar-refractivity contribution < 1.29 is 14.6 Å². The van der Waals surface area contributed by atoms with E-state index in [0.29, 0.717) is 12.3 Å². The molecule has 0 fully saturated rings. The van der Waals surface area contributed by atoms with Gasteiger partial charge < -0.3 is 9.84 Å². The number of aliphatic carboxylic acids is 1. The fourth-order valence-electron chi connectivity index (χ4n) is 1.54. The molecule has 0 rings (SSSR count). The largest absolute Gasteiger partial charge is 0.481 e. The number of carboxylic acid groups (broad SMARTS) is 1. The molecule has 3 nitrogen and oxygen atoms in total. The van der Waals surface area contributed by atoms with Crippen LogP contribution >= 0.6 is 0 Å². The van der Waals surface area contributed by atoms with E-state index in [2.05, 4.69) is 13.8 Å². The molecule has 0 aromatic heterocycles. The second-order valence-corrected chi connectivity index (χ2v) is 5.17. The molecule has 0 aliphatic heterocycles. The van der Waals surface area contributed by atoms with E-state index in [1.54, 1.807) is 7.11 Å². The maximum Gasteiger partial charge on any atom is 0.306 e. The van der Waals surface area contributed by atoms with E-state index < -0.39 is 5.97 Å². The summed E-state index contributed by atoms with van der Waals surface area (Å²) in [7, 11) is 1.66. The average Bonchev–Trinajstić information content (AvgIpc) is 2.11. The molecule has 0 aliphatic carbocycles. The van der Waals surface area contributed by atoms with Gasteiger partial charge >= 0.3 is 5.97 Å². The third-order valence-electron chi connectivity index (χ3n) is 2.75. The summed E-state index contributed by atoms with van der Waals surface area (Å²) in [6, 6.07) is 0. The van der Waals surface area contributed by atoms with Gasteiger partial charge in [-0.05, 0) is 39.0 Å². The quantitative estimate of drug-likeness (QED) is 0.711. The number of rotatable bonds is 7. The van der Waals surface area contributed by atoms with Gasteiger partial charge in [0.15, 0.2) is 0 Å². The third-order valence-corrected chi connectivity index (χ3v) is 2.75. The standard InChI is InChI=1S/C12H24O3/c1-9(2)8-10(11(13)14)6-7-12(3,4)15-5/h9-10H,6-8H2,1-5H3,(H,13,14). The first kappa shape index (κ1) is 14.4. The molecule has 0 heterocycles. The van der Waals surface area contributed by atoms with E-state index in [1.165, 1.54) is 0 Å². The van der Waals surface area contributed by atoms with Crippen LogP contribution in [0.2, 0.25) is 0 Å². The summed E-state index contributed by atoms with van der Waals surface area (Å²) in [5.74, 6) is -0.494. The summed E-state index contributed by atoms with van der Waals surface area (Å²) < 4.78 is 5.28. The zero-order valence-electron chi connectivity index (χ0n) is 10.5. The summed E-state index contributed by atoms with van der Waals surface area (Å²) in [6.45, 7) is 8.08. The van der Waals surface area contributed by atoms with Crippen LogP contribution in [0.5, 0.6) is 0 Å². The van der Waals surface area contributed by atoms with Crippen LogP contribution in [-0.4, -0.2) is 23.8 Å². The van der Waals surface area contributed by atoms with Crippen LogP contribution < -0.4 is 0 Å². The Morgan fingerprint density at radius 3 is 2.27 bits per heavy atom. The minimum absolute atomic E-state index is 0.218. The van der Waals surface area contributed by atoms with Gasteiger partial charge in [-0.2, -0.15) is 0 Å². The first-order chi connectivity index (χ1) is 6.78. The first-order valence-electron chi connectivity index (χ1n) is 5.56. The molecular weight excluding hydrogens is 192 g/mol. The summed E-state index contributed by atoms with van der Waals surface area (Å²) in [5, 5.41) is 9.05. The fourth-order valence-corrected chi connectivity index (χ4v) is 1.54. The lowest BCUT2D eigenvalue weighted by Crippen LogP contribution is -2.25. The summed E-state index contributed by atoms with van der Waals surface area (Å²) >= 11 is 0. The zero-order chi connectivity index (χ0) is 12.1. The van der Waals surface area contributed by atoms with Gasteiger partial charge in [0, 0.05) is 7.11 Å². The molecule has 90 valence electrons.